The molecule has 0 saturated heterocycles. The van der Waals surface area contributed by atoms with Gasteiger partial charge in [0.25, 0.3) is 0 Å². The summed E-state index contributed by atoms with van der Waals surface area (Å²) < 4.78 is 46.0. The van der Waals surface area contributed by atoms with Crippen LogP contribution in [-0.2, 0) is 0 Å². The maximum absolute atomic E-state index is 13.9. The molecule has 0 unspecified atom stereocenters. The van der Waals surface area contributed by atoms with Crippen LogP contribution in [-0.4, -0.2) is 22.9 Å². The number of benzene rings is 2. The summed E-state index contributed by atoms with van der Waals surface area (Å²) in [5.74, 6) is -5.04. The summed E-state index contributed by atoms with van der Waals surface area (Å²) in [5.41, 5.74) is -0.348. The van der Waals surface area contributed by atoms with Crippen molar-refractivity contribution in [2.45, 2.75) is 0 Å². The summed E-state index contributed by atoms with van der Waals surface area (Å²) in [5, 5.41) is 11.6. The standard InChI is InChI=1S/C19H11F3N4O2/c1-28-16-8-15(18(27)17-13(21)6-11(20)7-14(17)22)25-19(26-16)24-12-4-2-10(9-23)3-5-12/h2-8H,1H3,(H,24,25,26). The molecule has 9 heteroatoms. The topological polar surface area (TPSA) is 87.9 Å². The summed E-state index contributed by atoms with van der Waals surface area (Å²) >= 11 is 0. The Balaban J connectivity index is 1.99. The lowest BCUT2D eigenvalue weighted by atomic mass is 10.1. The van der Waals surface area contributed by atoms with E-state index in [1.165, 1.54) is 7.11 Å². The molecule has 1 aromatic heterocycles. The normalized spacial score (nSPS) is 10.2. The molecule has 140 valence electrons. The van der Waals surface area contributed by atoms with Gasteiger partial charge in [0.15, 0.2) is 0 Å². The van der Waals surface area contributed by atoms with Gasteiger partial charge in [0.2, 0.25) is 17.6 Å². The Morgan fingerprint density at radius 2 is 1.71 bits per heavy atom. The second kappa shape index (κ2) is 7.75. The Hall–Kier alpha value is -3.93. The first-order valence-electron chi connectivity index (χ1n) is 7.80. The van der Waals surface area contributed by atoms with E-state index >= 15 is 0 Å². The minimum Gasteiger partial charge on any atom is -0.481 e. The number of hydrogen-bond acceptors (Lipinski definition) is 6. The molecule has 6 nitrogen and oxygen atoms in total. The molecule has 0 aliphatic carbocycles. The van der Waals surface area contributed by atoms with E-state index in [-0.39, 0.29) is 17.5 Å². The zero-order chi connectivity index (χ0) is 20.3. The maximum Gasteiger partial charge on any atom is 0.231 e. The van der Waals surface area contributed by atoms with Gasteiger partial charge >= 0.3 is 0 Å². The fourth-order valence-electron chi connectivity index (χ4n) is 2.35. The van der Waals surface area contributed by atoms with Crippen LogP contribution in [0.15, 0.2) is 42.5 Å². The first kappa shape index (κ1) is 18.8. The molecule has 0 atom stereocenters. The molecule has 0 amide bonds. The van der Waals surface area contributed by atoms with Crippen molar-refractivity contribution in [3.8, 4) is 11.9 Å². The second-order valence-electron chi connectivity index (χ2n) is 5.51. The molecule has 0 aliphatic heterocycles. The first-order valence-corrected chi connectivity index (χ1v) is 7.80. The van der Waals surface area contributed by atoms with Crippen LogP contribution in [0.1, 0.15) is 21.6 Å². The molecular formula is C19H11F3N4O2. The number of rotatable bonds is 5. The highest BCUT2D eigenvalue weighted by atomic mass is 19.1. The number of nitrogens with zero attached hydrogens (tertiary/aromatic N) is 3. The Morgan fingerprint density at radius 1 is 1.07 bits per heavy atom. The van der Waals surface area contributed by atoms with Crippen LogP contribution in [0.3, 0.4) is 0 Å². The number of nitriles is 1. The Bertz CT molecular complexity index is 1070. The molecule has 0 spiro atoms. The number of aromatic nitrogens is 2. The predicted molar refractivity (Wildman–Crippen MR) is 92.8 cm³/mol. The Labute approximate surface area is 157 Å². The third kappa shape index (κ3) is 3.91. The SMILES string of the molecule is COc1cc(C(=O)c2c(F)cc(F)cc2F)nc(Nc2ccc(C#N)cc2)n1. The van der Waals surface area contributed by atoms with Gasteiger partial charge in [-0.3, -0.25) is 4.79 Å². The number of methoxy groups -OCH3 is 1. The minimum atomic E-state index is -1.35. The van der Waals surface area contributed by atoms with Crippen LogP contribution in [0.2, 0.25) is 0 Å². The lowest BCUT2D eigenvalue weighted by Crippen LogP contribution is -2.12. The van der Waals surface area contributed by atoms with Crippen LogP contribution in [0.4, 0.5) is 24.8 Å². The third-order valence-corrected chi connectivity index (χ3v) is 3.65. The van der Waals surface area contributed by atoms with Gasteiger partial charge < -0.3 is 10.1 Å². The van der Waals surface area contributed by atoms with Gasteiger partial charge in [0.1, 0.15) is 23.1 Å². The Morgan fingerprint density at radius 3 is 2.29 bits per heavy atom. The quantitative estimate of drug-likeness (QED) is 0.674. The van der Waals surface area contributed by atoms with Crippen molar-refractivity contribution in [3.05, 3.63) is 76.7 Å². The van der Waals surface area contributed by atoms with Crippen LogP contribution in [0, 0.1) is 28.8 Å². The molecule has 1 N–H and O–H groups in total. The van der Waals surface area contributed by atoms with Crippen molar-refractivity contribution in [1.82, 2.24) is 9.97 Å². The van der Waals surface area contributed by atoms with E-state index in [0.717, 1.165) is 6.07 Å². The fraction of sp³-hybridized carbons (Fsp3) is 0.0526. The number of hydrogen-bond donors (Lipinski definition) is 1. The van der Waals surface area contributed by atoms with Crippen LogP contribution < -0.4 is 10.1 Å². The van der Waals surface area contributed by atoms with Gasteiger partial charge in [-0.1, -0.05) is 0 Å². The molecular weight excluding hydrogens is 373 g/mol. The van der Waals surface area contributed by atoms with E-state index < -0.39 is 28.8 Å². The average Bonchev–Trinajstić information content (AvgIpc) is 2.67. The second-order valence-corrected chi connectivity index (χ2v) is 5.51. The van der Waals surface area contributed by atoms with Crippen molar-refractivity contribution in [1.29, 1.82) is 5.26 Å². The molecule has 3 rings (SSSR count). The molecule has 0 bridgehead atoms. The van der Waals surface area contributed by atoms with Gasteiger partial charge in [0.05, 0.1) is 24.3 Å². The van der Waals surface area contributed by atoms with Gasteiger partial charge in [-0.2, -0.15) is 10.2 Å². The summed E-state index contributed by atoms with van der Waals surface area (Å²) in [6.45, 7) is 0. The highest BCUT2D eigenvalue weighted by Gasteiger charge is 2.23. The average molecular weight is 384 g/mol. The van der Waals surface area contributed by atoms with Gasteiger partial charge in [0, 0.05) is 23.9 Å². The number of ketones is 1. The van der Waals surface area contributed by atoms with Crippen molar-refractivity contribution >= 4 is 17.4 Å². The van der Waals surface area contributed by atoms with E-state index in [1.54, 1.807) is 24.3 Å². The molecule has 1 heterocycles. The van der Waals surface area contributed by atoms with Crippen molar-refractivity contribution < 1.29 is 22.7 Å². The summed E-state index contributed by atoms with van der Waals surface area (Å²) in [6, 6.07) is 10.2. The van der Waals surface area contributed by atoms with E-state index in [0.29, 0.717) is 23.4 Å². The van der Waals surface area contributed by atoms with Crippen molar-refractivity contribution in [2.75, 3.05) is 12.4 Å². The van der Waals surface area contributed by atoms with Crippen molar-refractivity contribution in [3.63, 3.8) is 0 Å². The van der Waals surface area contributed by atoms with E-state index in [9.17, 15) is 18.0 Å². The molecule has 3 aromatic rings. The van der Waals surface area contributed by atoms with Gasteiger partial charge in [-0.15, -0.1) is 0 Å². The largest absolute Gasteiger partial charge is 0.481 e. The Kier molecular flexibility index (Phi) is 5.22. The van der Waals surface area contributed by atoms with Crippen molar-refractivity contribution in [2.24, 2.45) is 0 Å². The van der Waals surface area contributed by atoms with E-state index in [2.05, 4.69) is 15.3 Å². The highest BCUT2D eigenvalue weighted by Crippen LogP contribution is 2.22. The third-order valence-electron chi connectivity index (χ3n) is 3.65. The monoisotopic (exact) mass is 384 g/mol. The lowest BCUT2D eigenvalue weighted by molar-refractivity contribution is 0.102. The van der Waals surface area contributed by atoms with Crippen LogP contribution in [0.25, 0.3) is 0 Å². The van der Waals surface area contributed by atoms with Crippen LogP contribution in [0.5, 0.6) is 5.88 Å². The molecule has 0 saturated carbocycles. The number of anilines is 2. The minimum absolute atomic E-state index is 0.0302. The van der Waals surface area contributed by atoms with Crippen LogP contribution >= 0.6 is 0 Å². The summed E-state index contributed by atoms with van der Waals surface area (Å²) in [4.78, 5) is 20.5. The smallest absolute Gasteiger partial charge is 0.231 e. The number of halogens is 3. The zero-order valence-electron chi connectivity index (χ0n) is 14.3. The molecule has 0 aliphatic rings. The number of carbonyl (C=O) groups excluding carboxylic acids is 1. The number of carbonyl (C=O) groups is 1. The highest BCUT2D eigenvalue weighted by molar-refractivity contribution is 6.08. The fourth-order valence-corrected chi connectivity index (χ4v) is 2.35. The molecule has 2 aromatic carbocycles. The van der Waals surface area contributed by atoms with E-state index in [1.807, 2.05) is 6.07 Å². The van der Waals surface area contributed by atoms with Gasteiger partial charge in [-0.05, 0) is 24.3 Å². The molecule has 0 radical (unpaired) electrons. The predicted octanol–water partition coefficient (Wildman–Crippen LogP) is 3.75. The van der Waals surface area contributed by atoms with Gasteiger partial charge in [-0.25, -0.2) is 18.2 Å². The summed E-state index contributed by atoms with van der Waals surface area (Å²) in [6.07, 6.45) is 0. The van der Waals surface area contributed by atoms with E-state index in [4.69, 9.17) is 10.00 Å². The first-order chi connectivity index (χ1) is 13.4. The summed E-state index contributed by atoms with van der Waals surface area (Å²) in [7, 11) is 1.29. The number of nitrogens with one attached hydrogen (secondary N) is 1. The lowest BCUT2D eigenvalue weighted by Gasteiger charge is -2.10. The molecule has 0 fully saturated rings. The number of ether oxygens (including phenoxy) is 1. The maximum atomic E-state index is 13.9. The molecule has 28 heavy (non-hydrogen) atoms. The zero-order valence-corrected chi connectivity index (χ0v) is 14.3.